The SMILES string of the molecule is C=C=C(C#N)c1ccc(CCN2CCN(CCc3ccc4c(c3C)COC4=O)CC2)c2ccccc12. The Kier molecular flexibility index (Phi) is 7.02. The maximum atomic E-state index is 11.8. The van der Waals surface area contributed by atoms with Gasteiger partial charge in [-0.1, -0.05) is 49.0 Å². The Hall–Kier alpha value is -3.68. The van der Waals surface area contributed by atoms with Crippen molar-refractivity contribution in [2.75, 3.05) is 39.3 Å². The van der Waals surface area contributed by atoms with Gasteiger partial charge >= 0.3 is 5.97 Å². The van der Waals surface area contributed by atoms with Crippen LogP contribution in [0.1, 0.15) is 38.2 Å². The lowest BCUT2D eigenvalue weighted by atomic mass is 9.94. The van der Waals surface area contributed by atoms with E-state index < -0.39 is 0 Å². The van der Waals surface area contributed by atoms with Gasteiger partial charge in [0.1, 0.15) is 18.2 Å². The van der Waals surface area contributed by atoms with Crippen molar-refractivity contribution in [2.24, 2.45) is 0 Å². The van der Waals surface area contributed by atoms with Gasteiger partial charge in [0.2, 0.25) is 0 Å². The van der Waals surface area contributed by atoms with E-state index in [0.717, 1.165) is 74.2 Å². The van der Waals surface area contributed by atoms with Crippen molar-refractivity contribution in [3.63, 3.8) is 0 Å². The van der Waals surface area contributed by atoms with Gasteiger partial charge in [-0.2, -0.15) is 5.26 Å². The van der Waals surface area contributed by atoms with Crippen LogP contribution in [0.3, 0.4) is 0 Å². The van der Waals surface area contributed by atoms with Crippen molar-refractivity contribution in [2.45, 2.75) is 26.4 Å². The molecule has 182 valence electrons. The van der Waals surface area contributed by atoms with Crippen LogP contribution in [0.15, 0.2) is 60.8 Å². The largest absolute Gasteiger partial charge is 0.457 e. The van der Waals surface area contributed by atoms with E-state index in [9.17, 15) is 10.1 Å². The maximum absolute atomic E-state index is 11.8. The molecule has 0 atom stereocenters. The number of benzene rings is 3. The molecule has 1 saturated heterocycles. The molecular weight excluding hydrogens is 446 g/mol. The summed E-state index contributed by atoms with van der Waals surface area (Å²) < 4.78 is 5.20. The second kappa shape index (κ2) is 10.5. The number of allylic oxidation sites excluding steroid dienone is 1. The Bertz CT molecular complexity index is 1400. The molecule has 0 spiro atoms. The summed E-state index contributed by atoms with van der Waals surface area (Å²) in [4.78, 5) is 16.9. The van der Waals surface area contributed by atoms with Gasteiger partial charge in [0, 0.05) is 50.4 Å². The Morgan fingerprint density at radius 1 is 0.944 bits per heavy atom. The third kappa shape index (κ3) is 4.72. The molecule has 2 aliphatic rings. The Labute approximate surface area is 212 Å². The predicted octanol–water partition coefficient (Wildman–Crippen LogP) is 4.91. The van der Waals surface area contributed by atoms with Crippen molar-refractivity contribution < 1.29 is 9.53 Å². The van der Waals surface area contributed by atoms with Crippen molar-refractivity contribution in [1.82, 2.24) is 9.80 Å². The lowest BCUT2D eigenvalue weighted by molar-refractivity contribution is 0.0535. The molecular formula is C31H31N3O2. The molecule has 5 heteroatoms. The molecule has 1 fully saturated rings. The second-order valence-electron chi connectivity index (χ2n) is 9.62. The number of hydrogen-bond acceptors (Lipinski definition) is 5. The Balaban J connectivity index is 1.16. The van der Waals surface area contributed by atoms with E-state index >= 15 is 0 Å². The average molecular weight is 478 g/mol. The van der Waals surface area contributed by atoms with Crippen LogP contribution in [0.2, 0.25) is 0 Å². The molecule has 2 aliphatic heterocycles. The fourth-order valence-electron chi connectivity index (χ4n) is 5.45. The summed E-state index contributed by atoms with van der Waals surface area (Å²) >= 11 is 0. The number of ether oxygens (including phenoxy) is 1. The number of esters is 1. The smallest absolute Gasteiger partial charge is 0.338 e. The molecule has 3 aromatic rings. The first kappa shape index (κ1) is 24.0. The predicted molar refractivity (Wildman–Crippen MR) is 143 cm³/mol. The number of cyclic esters (lactones) is 1. The summed E-state index contributed by atoms with van der Waals surface area (Å²) in [5.74, 6) is -0.194. The number of nitriles is 1. The number of fused-ring (bicyclic) bond motifs is 2. The molecule has 0 aromatic heterocycles. The molecule has 0 aliphatic carbocycles. The zero-order chi connectivity index (χ0) is 25.1. The normalized spacial score (nSPS) is 15.8. The van der Waals surface area contributed by atoms with E-state index in [2.05, 4.69) is 65.4 Å². The number of carbonyl (C=O) groups is 1. The molecule has 5 rings (SSSR count). The molecule has 0 amide bonds. The maximum Gasteiger partial charge on any atom is 0.338 e. The number of carbonyl (C=O) groups excluding carboxylic acids is 1. The van der Waals surface area contributed by atoms with Crippen LogP contribution in [0.5, 0.6) is 0 Å². The molecule has 36 heavy (non-hydrogen) atoms. The van der Waals surface area contributed by atoms with E-state index in [1.807, 2.05) is 18.2 Å². The van der Waals surface area contributed by atoms with Crippen molar-refractivity contribution in [1.29, 1.82) is 5.26 Å². The van der Waals surface area contributed by atoms with Crippen LogP contribution in [-0.4, -0.2) is 55.0 Å². The average Bonchev–Trinajstić information content (AvgIpc) is 3.30. The third-order valence-electron chi connectivity index (χ3n) is 7.71. The Morgan fingerprint density at radius 3 is 2.25 bits per heavy atom. The van der Waals surface area contributed by atoms with Crippen LogP contribution in [0.25, 0.3) is 16.3 Å². The molecule has 0 unspecified atom stereocenters. The van der Waals surface area contributed by atoms with Gasteiger partial charge in [0.05, 0.1) is 5.56 Å². The third-order valence-corrected chi connectivity index (χ3v) is 7.71. The molecule has 0 bridgehead atoms. The number of rotatable bonds is 7. The molecule has 3 aromatic carbocycles. The molecule has 0 N–H and O–H groups in total. The van der Waals surface area contributed by atoms with Crippen LogP contribution >= 0.6 is 0 Å². The summed E-state index contributed by atoms with van der Waals surface area (Å²) in [6.07, 6.45) is 1.98. The van der Waals surface area contributed by atoms with Gasteiger partial charge in [-0.3, -0.25) is 0 Å². The summed E-state index contributed by atoms with van der Waals surface area (Å²) in [5.41, 5.74) is 9.80. The fourth-order valence-corrected chi connectivity index (χ4v) is 5.45. The van der Waals surface area contributed by atoms with E-state index in [-0.39, 0.29) is 5.97 Å². The fraction of sp³-hybridized carbons (Fsp3) is 0.323. The van der Waals surface area contributed by atoms with E-state index in [1.165, 1.54) is 22.1 Å². The highest BCUT2D eigenvalue weighted by atomic mass is 16.5. The van der Waals surface area contributed by atoms with Crippen molar-refractivity contribution >= 4 is 22.3 Å². The summed E-state index contributed by atoms with van der Waals surface area (Å²) in [6, 6.07) is 18.7. The lowest BCUT2D eigenvalue weighted by Gasteiger charge is -2.35. The van der Waals surface area contributed by atoms with E-state index in [0.29, 0.717) is 12.2 Å². The first-order valence-corrected chi connectivity index (χ1v) is 12.6. The number of hydrogen-bond donors (Lipinski definition) is 0. The highest BCUT2D eigenvalue weighted by Crippen LogP contribution is 2.28. The van der Waals surface area contributed by atoms with E-state index in [4.69, 9.17) is 4.74 Å². The van der Waals surface area contributed by atoms with Crippen LogP contribution in [0.4, 0.5) is 0 Å². The minimum absolute atomic E-state index is 0.194. The summed E-state index contributed by atoms with van der Waals surface area (Å²) in [6.45, 7) is 12.5. The lowest BCUT2D eigenvalue weighted by Crippen LogP contribution is -2.47. The van der Waals surface area contributed by atoms with Gasteiger partial charge in [-0.25, -0.2) is 4.79 Å². The zero-order valence-electron chi connectivity index (χ0n) is 20.8. The minimum Gasteiger partial charge on any atom is -0.457 e. The minimum atomic E-state index is -0.194. The highest BCUT2D eigenvalue weighted by molar-refractivity contribution is 5.98. The summed E-state index contributed by atoms with van der Waals surface area (Å²) in [5, 5.41) is 11.7. The van der Waals surface area contributed by atoms with Gasteiger partial charge in [-0.15, -0.1) is 5.73 Å². The molecule has 5 nitrogen and oxygen atoms in total. The van der Waals surface area contributed by atoms with Crippen molar-refractivity contribution in [3.8, 4) is 6.07 Å². The van der Waals surface area contributed by atoms with Gasteiger partial charge < -0.3 is 14.5 Å². The molecule has 0 radical (unpaired) electrons. The van der Waals surface area contributed by atoms with Crippen molar-refractivity contribution in [3.05, 3.63) is 94.2 Å². The first-order chi connectivity index (χ1) is 17.6. The zero-order valence-corrected chi connectivity index (χ0v) is 20.8. The summed E-state index contributed by atoms with van der Waals surface area (Å²) in [7, 11) is 0. The van der Waals surface area contributed by atoms with Crippen LogP contribution in [0, 0.1) is 18.3 Å². The quantitative estimate of drug-likeness (QED) is 0.275. The monoisotopic (exact) mass is 477 g/mol. The Morgan fingerprint density at radius 2 is 1.58 bits per heavy atom. The standard InChI is InChI=1S/C31H31N3O2/c1-3-23(20-32)27-10-9-25(26-6-4-5-7-28(26)27)13-15-34-18-16-33(17-19-34)14-12-24-8-11-29-30(22(24)2)21-36-31(29)35/h4-11H,1,12-19,21H2,2H3. The van der Waals surface area contributed by atoms with Gasteiger partial charge in [0.15, 0.2) is 0 Å². The second-order valence-corrected chi connectivity index (χ2v) is 9.62. The van der Waals surface area contributed by atoms with Gasteiger partial charge in [0.25, 0.3) is 0 Å². The number of piperazine rings is 1. The topological polar surface area (TPSA) is 56.6 Å². The number of nitrogens with zero attached hydrogens (tertiary/aromatic N) is 3. The van der Waals surface area contributed by atoms with Crippen LogP contribution in [-0.2, 0) is 24.2 Å². The van der Waals surface area contributed by atoms with Gasteiger partial charge in [-0.05, 0) is 53.3 Å². The first-order valence-electron chi connectivity index (χ1n) is 12.6. The van der Waals surface area contributed by atoms with Crippen LogP contribution < -0.4 is 0 Å². The highest BCUT2D eigenvalue weighted by Gasteiger charge is 2.24. The molecule has 0 saturated carbocycles. The molecule has 2 heterocycles. The van der Waals surface area contributed by atoms with E-state index in [1.54, 1.807) is 0 Å².